The number of rotatable bonds is 8. The Balaban J connectivity index is 1.56. The van der Waals surface area contributed by atoms with Crippen molar-refractivity contribution in [3.05, 3.63) is 60.2 Å². The molecular formula is C21H22N8OS2. The summed E-state index contributed by atoms with van der Waals surface area (Å²) in [6, 6.07) is 16.6. The molecule has 0 amide bonds. The summed E-state index contributed by atoms with van der Waals surface area (Å²) in [5.74, 6) is 1.60. The number of aromatic nitrogens is 5. The largest absolute Gasteiger partial charge is 0.508 e. The Morgan fingerprint density at radius 1 is 1.09 bits per heavy atom. The molecule has 2 aromatic carbocycles. The molecule has 0 aliphatic carbocycles. The molecule has 0 bridgehead atoms. The van der Waals surface area contributed by atoms with Gasteiger partial charge in [-0.2, -0.15) is 0 Å². The molecule has 0 fully saturated rings. The minimum absolute atomic E-state index is 0.218. The van der Waals surface area contributed by atoms with Crippen molar-refractivity contribution < 1.29 is 5.11 Å². The number of anilines is 2. The number of phenolic OH excluding ortho intramolecular Hbond substituents is 1. The smallest absolute Gasteiger partial charge is 0.191 e. The number of phenols is 1. The standard InChI is InChI=1S/C21H22N8OS2/c1-2-12-32-21-23-18(26-27-20(31)22-15-6-4-3-5-7-15)17-19(24-21)29(28-25-17)13-14-8-10-16(30)11-9-14/h3-11,30H,2,12-13H2,1H3,(H2,22,27,31)(H,23,24,26). The Bertz CT molecular complexity index is 1200. The van der Waals surface area contributed by atoms with Crippen molar-refractivity contribution in [2.24, 2.45) is 0 Å². The predicted octanol–water partition coefficient (Wildman–Crippen LogP) is 3.79. The first-order valence-corrected chi connectivity index (χ1v) is 11.4. The number of thiocarbonyl (C=S) groups is 1. The average molecular weight is 467 g/mol. The van der Waals surface area contributed by atoms with Gasteiger partial charge in [0.15, 0.2) is 27.3 Å². The molecule has 0 aliphatic heterocycles. The lowest BCUT2D eigenvalue weighted by atomic mass is 10.2. The lowest BCUT2D eigenvalue weighted by Gasteiger charge is -2.13. The number of fused-ring (bicyclic) bond motifs is 1. The minimum atomic E-state index is 0.218. The molecule has 0 radical (unpaired) electrons. The maximum Gasteiger partial charge on any atom is 0.191 e. The predicted molar refractivity (Wildman–Crippen MR) is 131 cm³/mol. The summed E-state index contributed by atoms with van der Waals surface area (Å²) in [6.45, 7) is 2.57. The molecule has 0 atom stereocenters. The molecule has 4 N–H and O–H groups in total. The second-order valence-corrected chi connectivity index (χ2v) is 8.33. The monoisotopic (exact) mass is 466 g/mol. The molecule has 0 spiro atoms. The number of hydrogen-bond donors (Lipinski definition) is 4. The summed E-state index contributed by atoms with van der Waals surface area (Å²) in [7, 11) is 0. The van der Waals surface area contributed by atoms with Crippen molar-refractivity contribution in [2.45, 2.75) is 25.0 Å². The van der Waals surface area contributed by atoms with E-state index in [1.807, 2.05) is 42.5 Å². The van der Waals surface area contributed by atoms with Gasteiger partial charge in [0.1, 0.15) is 5.75 Å². The molecule has 0 aliphatic rings. The SMILES string of the molecule is CCCSc1nc(NNC(=S)Nc2ccccc2)c2nnn(Cc3ccc(O)cc3)c2n1. The van der Waals surface area contributed by atoms with Gasteiger partial charge in [-0.15, -0.1) is 5.10 Å². The summed E-state index contributed by atoms with van der Waals surface area (Å²) in [5.41, 5.74) is 8.98. The Kier molecular flexibility index (Phi) is 6.97. The highest BCUT2D eigenvalue weighted by molar-refractivity contribution is 7.99. The number of aromatic hydroxyl groups is 1. The number of nitrogens with zero attached hydrogens (tertiary/aromatic N) is 5. The van der Waals surface area contributed by atoms with Gasteiger partial charge in [0.05, 0.1) is 6.54 Å². The topological polar surface area (TPSA) is 113 Å². The fraction of sp³-hybridized carbons (Fsp3) is 0.190. The highest BCUT2D eigenvalue weighted by Crippen LogP contribution is 2.23. The average Bonchev–Trinajstić information content (AvgIpc) is 3.21. The lowest BCUT2D eigenvalue weighted by molar-refractivity contribution is 0.475. The second kappa shape index (κ2) is 10.2. The van der Waals surface area contributed by atoms with Crippen LogP contribution < -0.4 is 16.2 Å². The number of para-hydroxylation sites is 1. The van der Waals surface area contributed by atoms with Crippen LogP contribution in [0.3, 0.4) is 0 Å². The van der Waals surface area contributed by atoms with Gasteiger partial charge in [-0.3, -0.25) is 10.9 Å². The summed E-state index contributed by atoms with van der Waals surface area (Å²) in [6.07, 6.45) is 1.00. The van der Waals surface area contributed by atoms with Crippen LogP contribution in [-0.4, -0.2) is 40.9 Å². The summed E-state index contributed by atoms with van der Waals surface area (Å²) >= 11 is 6.93. The first-order valence-electron chi connectivity index (χ1n) is 10.0. The van der Waals surface area contributed by atoms with Crippen molar-refractivity contribution in [2.75, 3.05) is 16.5 Å². The van der Waals surface area contributed by atoms with Crippen molar-refractivity contribution in [1.29, 1.82) is 0 Å². The molecule has 0 unspecified atom stereocenters. The van der Waals surface area contributed by atoms with E-state index >= 15 is 0 Å². The van der Waals surface area contributed by atoms with Crippen LogP contribution >= 0.6 is 24.0 Å². The van der Waals surface area contributed by atoms with E-state index < -0.39 is 0 Å². The van der Waals surface area contributed by atoms with Crippen LogP contribution in [-0.2, 0) is 6.54 Å². The Hall–Kier alpha value is -3.44. The Labute approximate surface area is 194 Å². The third kappa shape index (κ3) is 5.42. The Morgan fingerprint density at radius 3 is 2.62 bits per heavy atom. The fourth-order valence-electron chi connectivity index (χ4n) is 2.86. The third-order valence-corrected chi connectivity index (χ3v) is 5.63. The van der Waals surface area contributed by atoms with Crippen LogP contribution in [0.25, 0.3) is 11.2 Å². The Morgan fingerprint density at radius 2 is 1.88 bits per heavy atom. The molecule has 4 aromatic rings. The zero-order valence-corrected chi connectivity index (χ0v) is 19.0. The van der Waals surface area contributed by atoms with Gasteiger partial charge in [-0.1, -0.05) is 54.2 Å². The molecule has 2 aromatic heterocycles. The van der Waals surface area contributed by atoms with E-state index in [-0.39, 0.29) is 5.75 Å². The minimum Gasteiger partial charge on any atom is -0.508 e. The van der Waals surface area contributed by atoms with Crippen LogP contribution in [0.1, 0.15) is 18.9 Å². The van der Waals surface area contributed by atoms with Crippen LogP contribution in [0.15, 0.2) is 59.8 Å². The molecule has 32 heavy (non-hydrogen) atoms. The number of thioether (sulfide) groups is 1. The summed E-state index contributed by atoms with van der Waals surface area (Å²) in [4.78, 5) is 9.26. The summed E-state index contributed by atoms with van der Waals surface area (Å²) < 4.78 is 1.71. The van der Waals surface area contributed by atoms with Gasteiger partial charge in [-0.05, 0) is 48.5 Å². The fourth-order valence-corrected chi connectivity index (χ4v) is 3.72. The summed E-state index contributed by atoms with van der Waals surface area (Å²) in [5, 5.41) is 22.2. The van der Waals surface area contributed by atoms with E-state index in [4.69, 9.17) is 12.2 Å². The van der Waals surface area contributed by atoms with E-state index in [0.717, 1.165) is 23.4 Å². The van der Waals surface area contributed by atoms with E-state index in [0.29, 0.717) is 33.8 Å². The van der Waals surface area contributed by atoms with E-state index in [9.17, 15) is 5.11 Å². The van der Waals surface area contributed by atoms with Gasteiger partial charge in [0.2, 0.25) is 0 Å². The van der Waals surface area contributed by atoms with Gasteiger partial charge >= 0.3 is 0 Å². The van der Waals surface area contributed by atoms with Gasteiger partial charge in [0.25, 0.3) is 0 Å². The molecule has 2 heterocycles. The van der Waals surface area contributed by atoms with Crippen LogP contribution in [0, 0.1) is 0 Å². The zero-order chi connectivity index (χ0) is 22.3. The van der Waals surface area contributed by atoms with Crippen molar-refractivity contribution in [3.8, 4) is 5.75 Å². The number of hydrazine groups is 1. The highest BCUT2D eigenvalue weighted by atomic mass is 32.2. The number of nitrogens with one attached hydrogen (secondary N) is 3. The first kappa shape index (κ1) is 21.8. The van der Waals surface area contributed by atoms with Crippen LogP contribution in [0.4, 0.5) is 11.5 Å². The van der Waals surface area contributed by atoms with Crippen LogP contribution in [0.2, 0.25) is 0 Å². The van der Waals surface area contributed by atoms with Crippen molar-refractivity contribution in [3.63, 3.8) is 0 Å². The van der Waals surface area contributed by atoms with Gasteiger partial charge in [0, 0.05) is 11.4 Å². The molecule has 0 saturated heterocycles. The van der Waals surface area contributed by atoms with Crippen molar-refractivity contribution in [1.82, 2.24) is 30.4 Å². The first-order chi connectivity index (χ1) is 15.6. The van der Waals surface area contributed by atoms with E-state index in [2.05, 4.69) is 43.4 Å². The van der Waals surface area contributed by atoms with E-state index in [1.165, 1.54) is 0 Å². The number of hydrogen-bond acceptors (Lipinski definition) is 8. The molecule has 11 heteroatoms. The molecular weight excluding hydrogens is 444 g/mol. The molecule has 0 saturated carbocycles. The zero-order valence-electron chi connectivity index (χ0n) is 17.3. The molecule has 4 rings (SSSR count). The molecule has 9 nitrogen and oxygen atoms in total. The quantitative estimate of drug-likeness (QED) is 0.132. The normalized spacial score (nSPS) is 10.8. The maximum absolute atomic E-state index is 9.52. The maximum atomic E-state index is 9.52. The van der Waals surface area contributed by atoms with Gasteiger partial charge < -0.3 is 10.4 Å². The molecule has 164 valence electrons. The van der Waals surface area contributed by atoms with E-state index in [1.54, 1.807) is 28.6 Å². The second-order valence-electron chi connectivity index (χ2n) is 6.86. The highest BCUT2D eigenvalue weighted by Gasteiger charge is 2.16. The third-order valence-electron chi connectivity index (χ3n) is 4.37. The van der Waals surface area contributed by atoms with Crippen LogP contribution in [0.5, 0.6) is 5.75 Å². The van der Waals surface area contributed by atoms with Gasteiger partial charge in [-0.25, -0.2) is 14.6 Å². The lowest BCUT2D eigenvalue weighted by Crippen LogP contribution is -2.33. The number of benzene rings is 2. The van der Waals surface area contributed by atoms with Crippen molar-refractivity contribution >= 4 is 51.8 Å².